The average Bonchev–Trinajstić information content (AvgIpc) is 3.59. The number of benzene rings is 1. The predicted octanol–water partition coefficient (Wildman–Crippen LogP) is 5.36. The second-order valence-corrected chi connectivity index (χ2v) is 9.55. The first-order valence-corrected chi connectivity index (χ1v) is 12.1. The van der Waals surface area contributed by atoms with Crippen LogP contribution in [0.5, 0.6) is 5.88 Å². The van der Waals surface area contributed by atoms with Crippen LogP contribution in [-0.2, 0) is 4.74 Å². The minimum atomic E-state index is -0.484. The molecule has 0 radical (unpaired) electrons. The second kappa shape index (κ2) is 8.80. The number of methoxy groups -OCH3 is 1. The molecule has 0 unspecified atom stereocenters. The van der Waals surface area contributed by atoms with Crippen LogP contribution in [0.3, 0.4) is 0 Å². The molecule has 6 rings (SSSR count). The van der Waals surface area contributed by atoms with Crippen molar-refractivity contribution in [1.29, 1.82) is 0 Å². The zero-order valence-electron chi connectivity index (χ0n) is 19.4. The van der Waals surface area contributed by atoms with E-state index in [1.807, 2.05) is 10.9 Å². The second-order valence-electron chi connectivity index (χ2n) is 9.11. The molecule has 2 atom stereocenters. The summed E-state index contributed by atoms with van der Waals surface area (Å²) in [4.78, 5) is 18.8. The van der Waals surface area contributed by atoms with E-state index in [-0.39, 0.29) is 17.6 Å². The topological polar surface area (TPSA) is 87.8 Å². The minimum Gasteiger partial charge on any atom is -0.480 e. The average molecular weight is 495 g/mol. The summed E-state index contributed by atoms with van der Waals surface area (Å²) in [5.41, 5.74) is 3.11. The minimum absolute atomic E-state index is 0.0146. The van der Waals surface area contributed by atoms with Gasteiger partial charge in [0.05, 0.1) is 25.5 Å². The van der Waals surface area contributed by atoms with Crippen molar-refractivity contribution in [2.24, 2.45) is 0 Å². The molecule has 180 valence electrons. The number of ether oxygens (including phenoxy) is 2. The molecular weight excluding hydrogens is 471 g/mol. The zero-order valence-corrected chi connectivity index (χ0v) is 20.2. The highest BCUT2D eigenvalue weighted by molar-refractivity contribution is 6.30. The number of halogens is 2. The molecule has 35 heavy (non-hydrogen) atoms. The Morgan fingerprint density at radius 3 is 2.77 bits per heavy atom. The van der Waals surface area contributed by atoms with Gasteiger partial charge in [0, 0.05) is 34.9 Å². The van der Waals surface area contributed by atoms with E-state index in [2.05, 4.69) is 21.3 Å². The lowest BCUT2D eigenvalue weighted by molar-refractivity contribution is 0.00396. The molecule has 0 spiro atoms. The van der Waals surface area contributed by atoms with Crippen LogP contribution in [0.15, 0.2) is 30.6 Å². The Morgan fingerprint density at radius 1 is 1.14 bits per heavy atom. The molecule has 1 aliphatic heterocycles. The summed E-state index contributed by atoms with van der Waals surface area (Å²) in [5, 5.41) is 4.82. The smallest absolute Gasteiger partial charge is 0.235 e. The van der Waals surface area contributed by atoms with E-state index >= 15 is 4.39 Å². The Kier molecular flexibility index (Phi) is 5.61. The molecule has 8 nitrogen and oxygen atoms in total. The van der Waals surface area contributed by atoms with Gasteiger partial charge in [-0.2, -0.15) is 5.10 Å². The van der Waals surface area contributed by atoms with Crippen molar-refractivity contribution < 1.29 is 13.9 Å². The SMILES string of the molecule is COc1nc2c(-c3ccc(Cl)cc3F)nc([C@@H]3CCO[C@H](c4cnn(C5CC5)c4)C3)nc2nc1C. The number of rotatable bonds is 5. The predicted molar refractivity (Wildman–Crippen MR) is 128 cm³/mol. The van der Waals surface area contributed by atoms with E-state index in [1.165, 1.54) is 26.0 Å². The maximum absolute atomic E-state index is 15.0. The first kappa shape index (κ1) is 22.3. The molecule has 1 aliphatic carbocycles. The lowest BCUT2D eigenvalue weighted by Gasteiger charge is -2.28. The zero-order chi connectivity index (χ0) is 24.1. The van der Waals surface area contributed by atoms with E-state index in [0.29, 0.717) is 58.3 Å². The Morgan fingerprint density at radius 2 is 2.00 bits per heavy atom. The van der Waals surface area contributed by atoms with Crippen LogP contribution >= 0.6 is 11.6 Å². The molecule has 1 aromatic carbocycles. The molecule has 0 bridgehead atoms. The van der Waals surface area contributed by atoms with Crippen LogP contribution in [0, 0.1) is 12.7 Å². The van der Waals surface area contributed by atoms with Crippen molar-refractivity contribution in [3.05, 3.63) is 58.5 Å². The van der Waals surface area contributed by atoms with Crippen molar-refractivity contribution in [2.45, 2.75) is 50.7 Å². The van der Waals surface area contributed by atoms with Gasteiger partial charge < -0.3 is 9.47 Å². The molecule has 10 heteroatoms. The van der Waals surface area contributed by atoms with E-state index in [0.717, 1.165) is 12.0 Å². The first-order valence-electron chi connectivity index (χ1n) is 11.7. The van der Waals surface area contributed by atoms with Crippen LogP contribution in [0.25, 0.3) is 22.4 Å². The van der Waals surface area contributed by atoms with Gasteiger partial charge in [0.15, 0.2) is 5.65 Å². The Hall–Kier alpha value is -3.17. The monoisotopic (exact) mass is 494 g/mol. The summed E-state index contributed by atoms with van der Waals surface area (Å²) in [7, 11) is 1.52. The van der Waals surface area contributed by atoms with E-state index in [4.69, 9.17) is 31.0 Å². The maximum atomic E-state index is 15.0. The summed E-state index contributed by atoms with van der Waals surface area (Å²) < 4.78 is 28.5. The van der Waals surface area contributed by atoms with Gasteiger partial charge in [0.2, 0.25) is 5.88 Å². The molecule has 2 fully saturated rings. The first-order chi connectivity index (χ1) is 17.0. The summed E-state index contributed by atoms with van der Waals surface area (Å²) in [6.45, 7) is 2.38. The lowest BCUT2D eigenvalue weighted by atomic mass is 9.92. The summed E-state index contributed by atoms with van der Waals surface area (Å²) in [6, 6.07) is 5.03. The highest BCUT2D eigenvalue weighted by Crippen LogP contribution is 2.40. The molecule has 2 aliphatic rings. The summed E-state index contributed by atoms with van der Waals surface area (Å²) in [5.74, 6) is 0.481. The molecule has 1 saturated heterocycles. The molecule has 4 heterocycles. The number of aryl methyl sites for hydroxylation is 1. The van der Waals surface area contributed by atoms with Crippen molar-refractivity contribution in [2.75, 3.05) is 13.7 Å². The van der Waals surface area contributed by atoms with Crippen molar-refractivity contribution in [1.82, 2.24) is 29.7 Å². The van der Waals surface area contributed by atoms with Crippen molar-refractivity contribution in [3.63, 3.8) is 0 Å². The largest absolute Gasteiger partial charge is 0.480 e. The molecule has 4 aromatic rings. The third kappa shape index (κ3) is 4.23. The lowest BCUT2D eigenvalue weighted by Crippen LogP contribution is -2.20. The quantitative estimate of drug-likeness (QED) is 0.369. The van der Waals surface area contributed by atoms with Crippen LogP contribution in [0.1, 0.15) is 60.8 Å². The fourth-order valence-corrected chi connectivity index (χ4v) is 4.76. The Bertz CT molecular complexity index is 1420. The van der Waals surface area contributed by atoms with Gasteiger partial charge in [-0.15, -0.1) is 0 Å². The third-order valence-corrected chi connectivity index (χ3v) is 6.86. The number of hydrogen-bond donors (Lipinski definition) is 0. The van der Waals surface area contributed by atoms with Crippen LogP contribution in [0.2, 0.25) is 5.02 Å². The standard InChI is InChI=1S/C25H24ClFN6O2/c1-13-25(34-2)31-22-21(18-6-3-16(26)10-19(18)27)30-23(32-24(22)29-13)14-7-8-35-20(9-14)15-11-28-33(12-15)17-4-5-17/h3,6,10-12,14,17,20H,4-5,7-9H2,1-2H3/t14-,20+/m1/s1. The molecule has 0 N–H and O–H groups in total. The van der Waals surface area contributed by atoms with Crippen LogP contribution in [-0.4, -0.2) is 43.4 Å². The highest BCUT2D eigenvalue weighted by Gasteiger charge is 2.31. The number of fused-ring (bicyclic) bond motifs is 1. The number of aromatic nitrogens is 6. The number of hydrogen-bond acceptors (Lipinski definition) is 7. The summed E-state index contributed by atoms with van der Waals surface area (Å²) in [6.07, 6.45) is 7.69. The molecule has 3 aromatic heterocycles. The van der Waals surface area contributed by atoms with Gasteiger partial charge in [-0.3, -0.25) is 4.68 Å². The fourth-order valence-electron chi connectivity index (χ4n) is 4.60. The summed E-state index contributed by atoms with van der Waals surface area (Å²) >= 11 is 6.00. The molecule has 0 amide bonds. The third-order valence-electron chi connectivity index (χ3n) is 6.62. The van der Waals surface area contributed by atoms with E-state index in [1.54, 1.807) is 19.1 Å². The van der Waals surface area contributed by atoms with Crippen molar-refractivity contribution >= 4 is 22.8 Å². The van der Waals surface area contributed by atoms with Crippen LogP contribution < -0.4 is 4.74 Å². The van der Waals surface area contributed by atoms with Gasteiger partial charge >= 0.3 is 0 Å². The van der Waals surface area contributed by atoms with E-state index in [9.17, 15) is 0 Å². The van der Waals surface area contributed by atoms with Gasteiger partial charge in [-0.05, 0) is 50.8 Å². The van der Waals surface area contributed by atoms with Gasteiger partial charge in [0.1, 0.15) is 28.5 Å². The highest BCUT2D eigenvalue weighted by atomic mass is 35.5. The van der Waals surface area contributed by atoms with Gasteiger partial charge in [0.25, 0.3) is 0 Å². The molecular formula is C25H24ClFN6O2. The number of nitrogens with zero attached hydrogens (tertiary/aromatic N) is 6. The van der Waals surface area contributed by atoms with Crippen molar-refractivity contribution in [3.8, 4) is 17.1 Å². The van der Waals surface area contributed by atoms with Gasteiger partial charge in [-0.1, -0.05) is 11.6 Å². The molecule has 1 saturated carbocycles. The maximum Gasteiger partial charge on any atom is 0.235 e. The normalized spacial score (nSPS) is 20.3. The Labute approximate surface area is 206 Å². The van der Waals surface area contributed by atoms with Gasteiger partial charge in [-0.25, -0.2) is 24.3 Å². The van der Waals surface area contributed by atoms with Crippen LogP contribution in [0.4, 0.5) is 4.39 Å². The fraction of sp³-hybridized carbons (Fsp3) is 0.400. The van der Waals surface area contributed by atoms with E-state index < -0.39 is 5.82 Å². The Balaban J connectivity index is 1.42.